The molecule has 0 saturated heterocycles. The van der Waals surface area contributed by atoms with Crippen LogP contribution in [0, 0.1) is 0 Å². The molecule has 1 aromatic heterocycles. The van der Waals surface area contributed by atoms with Gasteiger partial charge in [0.25, 0.3) is 0 Å². The highest BCUT2D eigenvalue weighted by Gasteiger charge is 2.38. The molecule has 1 rings (SSSR count). The average Bonchev–Trinajstić information content (AvgIpc) is 2.01. The zero-order valence-electron chi connectivity index (χ0n) is 6.43. The molecule has 0 aliphatic rings. The van der Waals surface area contributed by atoms with E-state index < -0.39 is 17.8 Å². The highest BCUT2D eigenvalue weighted by Crippen LogP contribution is 2.28. The van der Waals surface area contributed by atoms with E-state index in [0.717, 1.165) is 12.1 Å². The molecule has 0 aliphatic heterocycles. The minimum absolute atomic E-state index is 0.333. The van der Waals surface area contributed by atoms with Crippen LogP contribution in [0.5, 0.6) is 0 Å². The summed E-state index contributed by atoms with van der Waals surface area (Å²) < 4.78 is 36.1. The molecule has 1 atom stereocenters. The monoisotopic (exact) mass is 192 g/mol. The Morgan fingerprint density at radius 1 is 1.38 bits per heavy atom. The van der Waals surface area contributed by atoms with E-state index >= 15 is 0 Å². The number of aromatic nitrogens is 1. The van der Waals surface area contributed by atoms with Crippen molar-refractivity contribution in [2.24, 2.45) is 5.73 Å². The second kappa shape index (κ2) is 3.21. The molecule has 1 aromatic rings. The first-order valence-corrected chi connectivity index (χ1v) is 3.43. The van der Waals surface area contributed by atoms with Crippen LogP contribution in [-0.4, -0.2) is 11.2 Å². The molecule has 0 saturated carbocycles. The van der Waals surface area contributed by atoms with Crippen LogP contribution in [0.1, 0.15) is 11.7 Å². The van der Waals surface area contributed by atoms with E-state index in [9.17, 15) is 18.0 Å². The minimum atomic E-state index is -4.54. The van der Waals surface area contributed by atoms with Crippen LogP contribution < -0.4 is 11.3 Å². The molecule has 0 radical (unpaired) electrons. The number of pyridine rings is 1. The number of H-pyrrole nitrogens is 1. The summed E-state index contributed by atoms with van der Waals surface area (Å²) in [5.74, 6) is 0. The van der Waals surface area contributed by atoms with Crippen molar-refractivity contribution in [1.29, 1.82) is 0 Å². The number of halogens is 3. The molecule has 13 heavy (non-hydrogen) atoms. The van der Waals surface area contributed by atoms with Gasteiger partial charge in [-0.3, -0.25) is 4.79 Å². The van der Waals surface area contributed by atoms with Crippen molar-refractivity contribution in [2.45, 2.75) is 12.2 Å². The van der Waals surface area contributed by atoms with Crippen molar-refractivity contribution in [1.82, 2.24) is 4.98 Å². The van der Waals surface area contributed by atoms with Crippen molar-refractivity contribution in [2.75, 3.05) is 0 Å². The molecule has 3 nitrogen and oxygen atoms in total. The second-order valence-electron chi connectivity index (χ2n) is 2.49. The lowest BCUT2D eigenvalue weighted by Gasteiger charge is -2.14. The van der Waals surface area contributed by atoms with Gasteiger partial charge in [-0.25, -0.2) is 0 Å². The molecule has 1 heterocycles. The number of hydrogen-bond acceptors (Lipinski definition) is 2. The van der Waals surface area contributed by atoms with E-state index in [2.05, 4.69) is 0 Å². The maximum atomic E-state index is 12.0. The number of hydrogen-bond donors (Lipinski definition) is 2. The second-order valence-corrected chi connectivity index (χ2v) is 2.49. The van der Waals surface area contributed by atoms with Crippen LogP contribution in [0.4, 0.5) is 13.2 Å². The summed E-state index contributed by atoms with van der Waals surface area (Å²) in [5.41, 5.74) is 3.91. The number of aromatic amines is 1. The van der Waals surface area contributed by atoms with E-state index in [1.165, 1.54) is 6.07 Å². The molecular weight excluding hydrogens is 185 g/mol. The third-order valence-electron chi connectivity index (χ3n) is 1.48. The van der Waals surface area contributed by atoms with Crippen LogP contribution in [-0.2, 0) is 0 Å². The fourth-order valence-electron chi connectivity index (χ4n) is 0.823. The summed E-state index contributed by atoms with van der Waals surface area (Å²) >= 11 is 0. The van der Waals surface area contributed by atoms with Gasteiger partial charge in [0.1, 0.15) is 6.04 Å². The van der Waals surface area contributed by atoms with Crippen LogP contribution in [0.25, 0.3) is 0 Å². The van der Waals surface area contributed by atoms with Crippen LogP contribution >= 0.6 is 0 Å². The Bertz CT molecular complexity index is 344. The van der Waals surface area contributed by atoms with Crippen molar-refractivity contribution in [3.63, 3.8) is 0 Å². The van der Waals surface area contributed by atoms with Gasteiger partial charge in [0, 0.05) is 11.8 Å². The molecule has 0 amide bonds. The molecular formula is C7H7F3N2O. The third-order valence-corrected chi connectivity index (χ3v) is 1.48. The predicted octanol–water partition coefficient (Wildman–Crippen LogP) is 0.937. The molecule has 72 valence electrons. The van der Waals surface area contributed by atoms with Crippen LogP contribution in [0.3, 0.4) is 0 Å². The summed E-state index contributed by atoms with van der Waals surface area (Å²) in [7, 11) is 0. The molecule has 0 spiro atoms. The summed E-state index contributed by atoms with van der Waals surface area (Å²) in [6, 6.07) is 1.33. The van der Waals surface area contributed by atoms with E-state index in [1.807, 2.05) is 4.98 Å². The molecule has 0 bridgehead atoms. The molecule has 3 N–H and O–H groups in total. The standard InChI is InChI=1S/C7H7F3N2O/c8-7(9,10)6(11)4-2-1-3-5(13)12-4/h1-3,6H,11H2,(H,12,13)/t6-/m0/s1. The lowest BCUT2D eigenvalue weighted by Crippen LogP contribution is -2.30. The van der Waals surface area contributed by atoms with Crippen molar-refractivity contribution >= 4 is 0 Å². The Hall–Kier alpha value is -1.30. The molecule has 0 fully saturated rings. The fraction of sp³-hybridized carbons (Fsp3) is 0.286. The highest BCUT2D eigenvalue weighted by molar-refractivity contribution is 5.09. The molecule has 6 heteroatoms. The SMILES string of the molecule is N[C@@H](c1cccc(=O)[nH]1)C(F)(F)F. The van der Waals surface area contributed by atoms with E-state index in [1.54, 1.807) is 0 Å². The first-order chi connectivity index (χ1) is 5.91. The number of nitrogens with two attached hydrogens (primary N) is 1. The van der Waals surface area contributed by atoms with Crippen LogP contribution in [0.2, 0.25) is 0 Å². The Labute approximate surface area is 71.4 Å². The number of nitrogens with one attached hydrogen (secondary N) is 1. The summed E-state index contributed by atoms with van der Waals surface area (Å²) in [6.07, 6.45) is -4.54. The van der Waals surface area contributed by atoms with Gasteiger partial charge in [-0.15, -0.1) is 0 Å². The van der Waals surface area contributed by atoms with Gasteiger partial charge in [-0.05, 0) is 6.07 Å². The Balaban J connectivity index is 3.02. The molecule has 0 unspecified atom stereocenters. The topological polar surface area (TPSA) is 58.9 Å². The molecule has 0 aliphatic carbocycles. The minimum Gasteiger partial charge on any atom is -0.324 e. The quantitative estimate of drug-likeness (QED) is 0.695. The van der Waals surface area contributed by atoms with Gasteiger partial charge in [-0.2, -0.15) is 13.2 Å². The van der Waals surface area contributed by atoms with Crippen molar-refractivity contribution < 1.29 is 13.2 Å². The lowest BCUT2D eigenvalue weighted by atomic mass is 10.2. The van der Waals surface area contributed by atoms with Gasteiger partial charge < -0.3 is 10.7 Å². The summed E-state index contributed by atoms with van der Waals surface area (Å²) in [4.78, 5) is 12.7. The highest BCUT2D eigenvalue weighted by atomic mass is 19.4. The van der Waals surface area contributed by atoms with Gasteiger partial charge in [0.15, 0.2) is 0 Å². The zero-order valence-corrected chi connectivity index (χ0v) is 6.43. The average molecular weight is 192 g/mol. The molecule has 0 aromatic carbocycles. The smallest absolute Gasteiger partial charge is 0.324 e. The van der Waals surface area contributed by atoms with E-state index in [-0.39, 0.29) is 5.69 Å². The first-order valence-electron chi connectivity index (χ1n) is 3.43. The largest absolute Gasteiger partial charge is 0.409 e. The Morgan fingerprint density at radius 2 is 2.00 bits per heavy atom. The maximum absolute atomic E-state index is 12.0. The van der Waals surface area contributed by atoms with Gasteiger partial charge >= 0.3 is 6.18 Å². The van der Waals surface area contributed by atoms with Gasteiger partial charge in [0.2, 0.25) is 5.56 Å². The van der Waals surface area contributed by atoms with E-state index in [4.69, 9.17) is 5.73 Å². The van der Waals surface area contributed by atoms with Crippen LogP contribution in [0.15, 0.2) is 23.0 Å². The van der Waals surface area contributed by atoms with Crippen molar-refractivity contribution in [3.05, 3.63) is 34.2 Å². The fourth-order valence-corrected chi connectivity index (χ4v) is 0.823. The summed E-state index contributed by atoms with van der Waals surface area (Å²) in [6.45, 7) is 0. The van der Waals surface area contributed by atoms with Gasteiger partial charge in [0.05, 0.1) is 0 Å². The number of alkyl halides is 3. The Kier molecular flexibility index (Phi) is 2.42. The first kappa shape index (κ1) is 9.79. The van der Waals surface area contributed by atoms with Gasteiger partial charge in [-0.1, -0.05) is 6.07 Å². The Morgan fingerprint density at radius 3 is 2.46 bits per heavy atom. The predicted molar refractivity (Wildman–Crippen MR) is 40.0 cm³/mol. The van der Waals surface area contributed by atoms with E-state index in [0.29, 0.717) is 0 Å². The normalized spacial score (nSPS) is 14.2. The third kappa shape index (κ3) is 2.32. The van der Waals surface area contributed by atoms with Crippen molar-refractivity contribution in [3.8, 4) is 0 Å². The summed E-state index contributed by atoms with van der Waals surface area (Å²) in [5, 5.41) is 0. The maximum Gasteiger partial charge on any atom is 0.409 e. The zero-order chi connectivity index (χ0) is 10.1. The lowest BCUT2D eigenvalue weighted by molar-refractivity contribution is -0.150. The number of rotatable bonds is 1.